The summed E-state index contributed by atoms with van der Waals surface area (Å²) in [6.45, 7) is 7.41. The fourth-order valence-corrected chi connectivity index (χ4v) is 5.49. The highest BCUT2D eigenvalue weighted by Gasteiger charge is 2.42. The predicted molar refractivity (Wildman–Crippen MR) is 116 cm³/mol. The second kappa shape index (κ2) is 7.92. The van der Waals surface area contributed by atoms with Crippen molar-refractivity contribution in [1.82, 2.24) is 4.72 Å². The second-order valence-electron chi connectivity index (χ2n) is 9.00. The Kier molecular flexibility index (Phi) is 5.88. The van der Waals surface area contributed by atoms with E-state index in [-0.39, 0.29) is 10.8 Å². The van der Waals surface area contributed by atoms with Gasteiger partial charge in [-0.1, -0.05) is 48.7 Å². The molecule has 0 atom stereocenters. The van der Waals surface area contributed by atoms with Crippen LogP contribution in [0.5, 0.6) is 0 Å². The Labute approximate surface area is 174 Å². The quantitative estimate of drug-likeness (QED) is 0.755. The van der Waals surface area contributed by atoms with Gasteiger partial charge in [0.25, 0.3) is 0 Å². The third kappa shape index (κ3) is 4.87. The molecular weight excluding hydrogens is 384 g/mol. The molecule has 156 valence electrons. The lowest BCUT2D eigenvalue weighted by Gasteiger charge is -2.29. The van der Waals surface area contributed by atoms with E-state index < -0.39 is 21.0 Å². The van der Waals surface area contributed by atoms with Gasteiger partial charge in [0.05, 0.1) is 10.3 Å². The molecule has 2 aromatic carbocycles. The lowest BCUT2D eigenvalue weighted by Crippen LogP contribution is -2.40. The number of hydrogen-bond acceptors (Lipinski definition) is 3. The molecule has 0 unspecified atom stereocenters. The summed E-state index contributed by atoms with van der Waals surface area (Å²) in [6.07, 6.45) is 3.61. The molecular formula is C23H30N2O3S. The molecule has 0 aliphatic heterocycles. The van der Waals surface area contributed by atoms with Crippen LogP contribution >= 0.6 is 0 Å². The molecule has 2 aromatic rings. The normalized spacial score (nSPS) is 16.6. The number of sulfonamides is 1. The SMILES string of the molecule is Cc1cccc(C2(C(=O)Nc3cccc(S(=O)(=O)NC(C)(C)C)c3)CCCC2)c1. The number of aryl methyl sites for hydroxylation is 1. The number of hydrogen-bond donors (Lipinski definition) is 2. The standard InChI is InChI=1S/C23H30N2O3S/c1-17-9-7-10-18(15-17)23(13-5-6-14-23)21(26)24-19-11-8-12-20(16-19)29(27,28)25-22(2,3)4/h7-12,15-16,25H,5-6,13-14H2,1-4H3,(H,24,26). The Balaban J connectivity index is 1.88. The maximum atomic E-state index is 13.4. The van der Waals surface area contributed by atoms with E-state index in [1.165, 1.54) is 12.1 Å². The fourth-order valence-electron chi connectivity index (χ4n) is 4.02. The van der Waals surface area contributed by atoms with Gasteiger partial charge in [0.1, 0.15) is 0 Å². The first-order chi connectivity index (χ1) is 13.5. The highest BCUT2D eigenvalue weighted by atomic mass is 32.2. The lowest BCUT2D eigenvalue weighted by atomic mass is 9.77. The van der Waals surface area contributed by atoms with Gasteiger partial charge in [0.2, 0.25) is 15.9 Å². The zero-order valence-electron chi connectivity index (χ0n) is 17.6. The Morgan fingerprint density at radius 2 is 1.66 bits per heavy atom. The van der Waals surface area contributed by atoms with Crippen LogP contribution in [0.2, 0.25) is 0 Å². The first-order valence-electron chi connectivity index (χ1n) is 10.0. The van der Waals surface area contributed by atoms with E-state index in [1.807, 2.05) is 25.1 Å². The van der Waals surface area contributed by atoms with Crippen molar-refractivity contribution in [2.45, 2.75) is 69.2 Å². The topological polar surface area (TPSA) is 75.3 Å². The Hall–Kier alpha value is -2.18. The molecule has 5 nitrogen and oxygen atoms in total. The van der Waals surface area contributed by atoms with Crippen LogP contribution in [0.15, 0.2) is 53.4 Å². The molecule has 1 aliphatic rings. The van der Waals surface area contributed by atoms with Crippen molar-refractivity contribution in [2.24, 2.45) is 0 Å². The van der Waals surface area contributed by atoms with E-state index in [1.54, 1.807) is 32.9 Å². The van der Waals surface area contributed by atoms with Gasteiger partial charge >= 0.3 is 0 Å². The molecule has 1 saturated carbocycles. The number of amides is 1. The number of benzene rings is 2. The van der Waals surface area contributed by atoms with Crippen LogP contribution < -0.4 is 10.0 Å². The van der Waals surface area contributed by atoms with Crippen LogP contribution in [0.25, 0.3) is 0 Å². The summed E-state index contributed by atoms with van der Waals surface area (Å²) >= 11 is 0. The van der Waals surface area contributed by atoms with E-state index in [2.05, 4.69) is 16.1 Å². The van der Waals surface area contributed by atoms with Crippen LogP contribution in [0.4, 0.5) is 5.69 Å². The molecule has 1 aliphatic carbocycles. The molecule has 0 spiro atoms. The molecule has 0 radical (unpaired) electrons. The molecule has 29 heavy (non-hydrogen) atoms. The molecule has 6 heteroatoms. The summed E-state index contributed by atoms with van der Waals surface area (Å²) in [5.41, 5.74) is 1.50. The second-order valence-corrected chi connectivity index (χ2v) is 10.7. The van der Waals surface area contributed by atoms with E-state index >= 15 is 0 Å². The number of carbonyl (C=O) groups excluding carboxylic acids is 1. The van der Waals surface area contributed by atoms with E-state index in [0.29, 0.717) is 5.69 Å². The van der Waals surface area contributed by atoms with Crippen LogP contribution in [0.1, 0.15) is 57.6 Å². The molecule has 1 fully saturated rings. The predicted octanol–water partition coefficient (Wildman–Crippen LogP) is 4.52. The summed E-state index contributed by atoms with van der Waals surface area (Å²) in [5, 5.41) is 2.99. The maximum Gasteiger partial charge on any atom is 0.241 e. The molecule has 0 saturated heterocycles. The van der Waals surface area contributed by atoms with E-state index in [4.69, 9.17) is 0 Å². The minimum Gasteiger partial charge on any atom is -0.325 e. The fraction of sp³-hybridized carbons (Fsp3) is 0.435. The Bertz CT molecular complexity index is 1000. The molecule has 2 N–H and O–H groups in total. The highest BCUT2D eigenvalue weighted by Crippen LogP contribution is 2.42. The van der Waals surface area contributed by atoms with Gasteiger partial charge < -0.3 is 5.32 Å². The van der Waals surface area contributed by atoms with Crippen LogP contribution in [0, 0.1) is 6.92 Å². The summed E-state index contributed by atoms with van der Waals surface area (Å²) < 4.78 is 27.9. The number of anilines is 1. The van der Waals surface area contributed by atoms with Gasteiger partial charge in [-0.05, 0) is 64.3 Å². The van der Waals surface area contributed by atoms with Crippen molar-refractivity contribution < 1.29 is 13.2 Å². The summed E-state index contributed by atoms with van der Waals surface area (Å²) in [4.78, 5) is 13.5. The summed E-state index contributed by atoms with van der Waals surface area (Å²) in [7, 11) is -3.67. The molecule has 3 rings (SSSR count). The van der Waals surface area contributed by atoms with Crippen LogP contribution in [0.3, 0.4) is 0 Å². The monoisotopic (exact) mass is 414 g/mol. The molecule has 0 bridgehead atoms. The van der Waals surface area contributed by atoms with Gasteiger partial charge in [-0.3, -0.25) is 4.79 Å². The van der Waals surface area contributed by atoms with Crippen molar-refractivity contribution in [1.29, 1.82) is 0 Å². The Morgan fingerprint density at radius 1 is 1.00 bits per heavy atom. The Morgan fingerprint density at radius 3 is 2.28 bits per heavy atom. The summed E-state index contributed by atoms with van der Waals surface area (Å²) in [6, 6.07) is 14.6. The third-order valence-electron chi connectivity index (χ3n) is 5.31. The van der Waals surface area contributed by atoms with Crippen molar-refractivity contribution in [3.8, 4) is 0 Å². The minimum atomic E-state index is -3.67. The van der Waals surface area contributed by atoms with E-state index in [0.717, 1.165) is 36.8 Å². The zero-order valence-corrected chi connectivity index (χ0v) is 18.4. The highest BCUT2D eigenvalue weighted by molar-refractivity contribution is 7.89. The number of rotatable bonds is 5. The first-order valence-corrected chi connectivity index (χ1v) is 11.5. The maximum absolute atomic E-state index is 13.4. The lowest BCUT2D eigenvalue weighted by molar-refractivity contribution is -0.121. The van der Waals surface area contributed by atoms with Gasteiger partial charge in [-0.15, -0.1) is 0 Å². The molecule has 0 heterocycles. The van der Waals surface area contributed by atoms with Crippen molar-refractivity contribution >= 4 is 21.6 Å². The average Bonchev–Trinajstić information content (AvgIpc) is 3.11. The zero-order chi connectivity index (χ0) is 21.3. The number of carbonyl (C=O) groups is 1. The van der Waals surface area contributed by atoms with Crippen molar-refractivity contribution in [2.75, 3.05) is 5.32 Å². The van der Waals surface area contributed by atoms with Gasteiger partial charge in [-0.2, -0.15) is 0 Å². The number of nitrogens with one attached hydrogen (secondary N) is 2. The summed E-state index contributed by atoms with van der Waals surface area (Å²) in [5.74, 6) is -0.0704. The van der Waals surface area contributed by atoms with Crippen LogP contribution in [-0.4, -0.2) is 19.9 Å². The van der Waals surface area contributed by atoms with Gasteiger partial charge in [0, 0.05) is 11.2 Å². The van der Waals surface area contributed by atoms with Crippen molar-refractivity contribution in [3.63, 3.8) is 0 Å². The largest absolute Gasteiger partial charge is 0.325 e. The van der Waals surface area contributed by atoms with Crippen molar-refractivity contribution in [3.05, 3.63) is 59.7 Å². The average molecular weight is 415 g/mol. The smallest absolute Gasteiger partial charge is 0.241 e. The van der Waals surface area contributed by atoms with E-state index in [9.17, 15) is 13.2 Å². The third-order valence-corrected chi connectivity index (χ3v) is 7.06. The first kappa shape index (κ1) is 21.5. The minimum absolute atomic E-state index is 0.0704. The molecule has 1 amide bonds. The van der Waals surface area contributed by atoms with Gasteiger partial charge in [-0.25, -0.2) is 13.1 Å². The van der Waals surface area contributed by atoms with Gasteiger partial charge in [0.15, 0.2) is 0 Å². The molecule has 0 aromatic heterocycles. The van der Waals surface area contributed by atoms with Crippen LogP contribution in [-0.2, 0) is 20.2 Å².